The van der Waals surface area contributed by atoms with Crippen molar-refractivity contribution in [3.05, 3.63) is 23.8 Å². The monoisotopic (exact) mass is 177 g/mol. The van der Waals surface area contributed by atoms with E-state index in [4.69, 9.17) is 4.74 Å². The molecule has 1 unspecified atom stereocenters. The van der Waals surface area contributed by atoms with Crippen molar-refractivity contribution in [3.63, 3.8) is 0 Å². The van der Waals surface area contributed by atoms with Gasteiger partial charge < -0.3 is 10.1 Å². The van der Waals surface area contributed by atoms with Gasteiger partial charge in [-0.25, -0.2) is 0 Å². The Kier molecular flexibility index (Phi) is 2.13. The summed E-state index contributed by atoms with van der Waals surface area (Å²) in [5.41, 5.74) is 2.34. The molecule has 70 valence electrons. The van der Waals surface area contributed by atoms with Crippen LogP contribution < -0.4 is 10.1 Å². The summed E-state index contributed by atoms with van der Waals surface area (Å²) in [6.07, 6.45) is 0. The molecule has 1 heterocycles. The fourth-order valence-corrected chi connectivity index (χ4v) is 1.55. The highest BCUT2D eigenvalue weighted by Crippen LogP contribution is 2.30. The van der Waals surface area contributed by atoms with Gasteiger partial charge in [-0.05, 0) is 18.6 Å². The molecule has 0 saturated heterocycles. The lowest BCUT2D eigenvalue weighted by atomic mass is 10.2. The van der Waals surface area contributed by atoms with Gasteiger partial charge in [-0.1, -0.05) is 19.1 Å². The van der Waals surface area contributed by atoms with Crippen molar-refractivity contribution in [2.45, 2.75) is 13.8 Å². The van der Waals surface area contributed by atoms with Crippen molar-refractivity contribution in [3.8, 4) is 5.75 Å². The van der Waals surface area contributed by atoms with Gasteiger partial charge in [0.1, 0.15) is 5.75 Å². The number of ether oxygens (including phenoxy) is 1. The zero-order chi connectivity index (χ0) is 9.26. The van der Waals surface area contributed by atoms with Crippen molar-refractivity contribution in [2.75, 3.05) is 18.5 Å². The van der Waals surface area contributed by atoms with E-state index in [0.717, 1.165) is 24.6 Å². The number of hydrogen-bond donors (Lipinski definition) is 1. The van der Waals surface area contributed by atoms with Gasteiger partial charge in [0.15, 0.2) is 0 Å². The number of hydrogen-bond acceptors (Lipinski definition) is 2. The van der Waals surface area contributed by atoms with E-state index in [0.29, 0.717) is 5.92 Å². The van der Waals surface area contributed by atoms with Gasteiger partial charge in [0.05, 0.1) is 12.3 Å². The predicted molar refractivity (Wildman–Crippen MR) is 54.3 cm³/mol. The molecule has 0 aromatic heterocycles. The van der Waals surface area contributed by atoms with E-state index >= 15 is 0 Å². The number of fused-ring (bicyclic) bond motifs is 1. The standard InChI is InChI=1S/C11H15NO/c1-8-6-12-10-5-3-4-9(2)11(10)13-7-8/h3-5,8,12H,6-7H2,1-2H3. The summed E-state index contributed by atoms with van der Waals surface area (Å²) in [6.45, 7) is 6.08. The summed E-state index contributed by atoms with van der Waals surface area (Å²) in [7, 11) is 0. The molecule has 1 aliphatic heterocycles. The van der Waals surface area contributed by atoms with Crippen molar-refractivity contribution >= 4 is 5.69 Å². The molecule has 1 aliphatic rings. The molecule has 0 spiro atoms. The molecule has 0 radical (unpaired) electrons. The smallest absolute Gasteiger partial charge is 0.145 e. The topological polar surface area (TPSA) is 21.3 Å². The summed E-state index contributed by atoms with van der Waals surface area (Å²) in [5, 5.41) is 3.39. The number of anilines is 1. The lowest BCUT2D eigenvalue weighted by molar-refractivity contribution is 0.274. The molecule has 0 bridgehead atoms. The van der Waals surface area contributed by atoms with Gasteiger partial charge in [0, 0.05) is 12.5 Å². The Labute approximate surface area is 78.9 Å². The summed E-state index contributed by atoms with van der Waals surface area (Å²) in [6, 6.07) is 6.21. The normalized spacial score (nSPS) is 20.9. The van der Waals surface area contributed by atoms with Crippen LogP contribution in [-0.4, -0.2) is 13.2 Å². The van der Waals surface area contributed by atoms with E-state index < -0.39 is 0 Å². The van der Waals surface area contributed by atoms with Crippen LogP contribution in [0.5, 0.6) is 5.75 Å². The van der Waals surface area contributed by atoms with E-state index in [-0.39, 0.29) is 0 Å². The Hall–Kier alpha value is -1.18. The van der Waals surface area contributed by atoms with Gasteiger partial charge in [-0.3, -0.25) is 0 Å². The summed E-state index contributed by atoms with van der Waals surface area (Å²) in [4.78, 5) is 0. The Morgan fingerprint density at radius 3 is 3.15 bits per heavy atom. The molecule has 2 nitrogen and oxygen atoms in total. The Bertz CT molecular complexity index is 309. The molecule has 13 heavy (non-hydrogen) atoms. The zero-order valence-electron chi connectivity index (χ0n) is 8.13. The van der Waals surface area contributed by atoms with Crippen LogP contribution in [0, 0.1) is 12.8 Å². The van der Waals surface area contributed by atoms with Gasteiger partial charge >= 0.3 is 0 Å². The van der Waals surface area contributed by atoms with E-state index in [1.807, 2.05) is 0 Å². The first kappa shape index (κ1) is 8.42. The van der Waals surface area contributed by atoms with Crippen LogP contribution in [0.15, 0.2) is 18.2 Å². The minimum atomic E-state index is 0.576. The minimum Gasteiger partial charge on any atom is -0.491 e. The fourth-order valence-electron chi connectivity index (χ4n) is 1.55. The highest BCUT2D eigenvalue weighted by atomic mass is 16.5. The third kappa shape index (κ3) is 1.62. The zero-order valence-corrected chi connectivity index (χ0v) is 8.13. The molecule has 0 aliphatic carbocycles. The van der Waals surface area contributed by atoms with Crippen molar-refractivity contribution in [2.24, 2.45) is 5.92 Å². The van der Waals surface area contributed by atoms with Crippen LogP contribution in [0.2, 0.25) is 0 Å². The summed E-state index contributed by atoms with van der Waals surface area (Å²) < 4.78 is 5.73. The first-order chi connectivity index (χ1) is 6.27. The minimum absolute atomic E-state index is 0.576. The second kappa shape index (κ2) is 3.29. The fraction of sp³-hybridized carbons (Fsp3) is 0.455. The molecular formula is C11H15NO. The molecule has 0 saturated carbocycles. The van der Waals surface area contributed by atoms with E-state index in [2.05, 4.69) is 37.4 Å². The van der Waals surface area contributed by atoms with E-state index in [1.54, 1.807) is 0 Å². The number of rotatable bonds is 0. The molecule has 2 heteroatoms. The maximum absolute atomic E-state index is 5.73. The van der Waals surface area contributed by atoms with Crippen LogP contribution in [0.25, 0.3) is 0 Å². The quantitative estimate of drug-likeness (QED) is 0.657. The molecule has 2 rings (SSSR count). The molecule has 1 N–H and O–H groups in total. The molecule has 1 aromatic rings. The van der Waals surface area contributed by atoms with Crippen molar-refractivity contribution in [1.29, 1.82) is 0 Å². The maximum atomic E-state index is 5.73. The molecular weight excluding hydrogens is 162 g/mol. The SMILES string of the molecule is Cc1cccc2c1OCC(C)CN2. The molecule has 0 fully saturated rings. The van der Waals surface area contributed by atoms with E-state index in [9.17, 15) is 0 Å². The number of aryl methyl sites for hydroxylation is 1. The first-order valence-corrected chi connectivity index (χ1v) is 4.73. The van der Waals surface area contributed by atoms with Gasteiger partial charge in [-0.15, -0.1) is 0 Å². The number of para-hydroxylation sites is 1. The molecule has 0 amide bonds. The lowest BCUT2D eigenvalue weighted by Crippen LogP contribution is -2.13. The molecule has 1 atom stereocenters. The maximum Gasteiger partial charge on any atom is 0.145 e. The van der Waals surface area contributed by atoms with Crippen LogP contribution in [0.1, 0.15) is 12.5 Å². The third-order valence-electron chi connectivity index (χ3n) is 2.37. The second-order valence-corrected chi connectivity index (χ2v) is 3.75. The number of benzene rings is 1. The van der Waals surface area contributed by atoms with Crippen molar-refractivity contribution in [1.82, 2.24) is 0 Å². The Morgan fingerprint density at radius 2 is 2.31 bits per heavy atom. The molecule has 1 aromatic carbocycles. The van der Waals surface area contributed by atoms with Gasteiger partial charge in [-0.2, -0.15) is 0 Å². The largest absolute Gasteiger partial charge is 0.491 e. The average Bonchev–Trinajstić information content (AvgIpc) is 2.30. The van der Waals surface area contributed by atoms with Crippen LogP contribution >= 0.6 is 0 Å². The van der Waals surface area contributed by atoms with Crippen LogP contribution in [0.3, 0.4) is 0 Å². The average molecular weight is 177 g/mol. The summed E-state index contributed by atoms with van der Waals surface area (Å²) >= 11 is 0. The van der Waals surface area contributed by atoms with Crippen LogP contribution in [-0.2, 0) is 0 Å². The highest BCUT2D eigenvalue weighted by molar-refractivity contribution is 5.60. The summed E-state index contributed by atoms with van der Waals surface area (Å²) in [5.74, 6) is 1.60. The first-order valence-electron chi connectivity index (χ1n) is 4.73. The van der Waals surface area contributed by atoms with Crippen molar-refractivity contribution < 1.29 is 4.74 Å². The predicted octanol–water partition coefficient (Wildman–Crippen LogP) is 2.44. The number of nitrogens with one attached hydrogen (secondary N) is 1. The van der Waals surface area contributed by atoms with Gasteiger partial charge in [0.25, 0.3) is 0 Å². The highest BCUT2D eigenvalue weighted by Gasteiger charge is 2.13. The third-order valence-corrected chi connectivity index (χ3v) is 2.37. The van der Waals surface area contributed by atoms with Crippen LogP contribution in [0.4, 0.5) is 5.69 Å². The Morgan fingerprint density at radius 1 is 1.46 bits per heavy atom. The second-order valence-electron chi connectivity index (χ2n) is 3.75. The van der Waals surface area contributed by atoms with E-state index in [1.165, 1.54) is 5.56 Å². The lowest BCUT2D eigenvalue weighted by Gasteiger charge is -2.09. The van der Waals surface area contributed by atoms with Gasteiger partial charge in [0.2, 0.25) is 0 Å². The Balaban J connectivity index is 2.35.